The molecule has 108 valence electrons. The topological polar surface area (TPSA) is 9.72 Å². The molecule has 0 radical (unpaired) electrons. The summed E-state index contributed by atoms with van der Waals surface area (Å²) in [5, 5.41) is 0. The van der Waals surface area contributed by atoms with E-state index in [0.717, 1.165) is 17.8 Å². The molecule has 1 aliphatic carbocycles. The summed E-state index contributed by atoms with van der Waals surface area (Å²) in [4.78, 5) is 7.84. The zero-order chi connectivity index (χ0) is 13.0. The first-order valence-corrected chi connectivity index (χ1v) is 8.25. The van der Waals surface area contributed by atoms with Gasteiger partial charge in [0.2, 0.25) is 0 Å². The molecule has 0 aromatic carbocycles. The van der Waals surface area contributed by atoms with Crippen LogP contribution in [0.2, 0.25) is 0 Å². The smallest absolute Gasteiger partial charge is 0.00395 e. The van der Waals surface area contributed by atoms with Crippen LogP contribution in [0.3, 0.4) is 0 Å². The molecule has 0 amide bonds. The summed E-state index contributed by atoms with van der Waals surface area (Å²) in [6, 6.07) is 0. The lowest BCUT2D eigenvalue weighted by molar-refractivity contribution is 0.124. The van der Waals surface area contributed by atoms with Gasteiger partial charge in [0.1, 0.15) is 0 Å². The first-order chi connectivity index (χ1) is 9.15. The van der Waals surface area contributed by atoms with E-state index in [9.17, 15) is 0 Å². The number of hydrogen-bond acceptors (Lipinski definition) is 3. The molecule has 19 heavy (non-hydrogen) atoms. The van der Waals surface area contributed by atoms with Gasteiger partial charge in [0.15, 0.2) is 0 Å². The minimum Gasteiger partial charge on any atom is -0.306 e. The van der Waals surface area contributed by atoms with E-state index >= 15 is 0 Å². The molecule has 0 aromatic rings. The van der Waals surface area contributed by atoms with Crippen LogP contribution >= 0.6 is 0 Å². The molecule has 0 N–H and O–H groups in total. The van der Waals surface area contributed by atoms with Crippen LogP contribution < -0.4 is 0 Å². The highest BCUT2D eigenvalue weighted by molar-refractivity contribution is 5.06. The minimum absolute atomic E-state index is 0.702. The second-order valence-corrected chi connectivity index (χ2v) is 8.00. The van der Waals surface area contributed by atoms with Crippen LogP contribution in [0.5, 0.6) is 0 Å². The number of piperidine rings is 2. The summed E-state index contributed by atoms with van der Waals surface area (Å²) in [6.45, 7) is 9.61. The lowest BCUT2D eigenvalue weighted by Crippen LogP contribution is -2.40. The van der Waals surface area contributed by atoms with E-state index in [2.05, 4.69) is 28.8 Å². The van der Waals surface area contributed by atoms with Crippen LogP contribution in [0.1, 0.15) is 19.3 Å². The van der Waals surface area contributed by atoms with Crippen LogP contribution in [-0.4, -0.2) is 74.6 Å². The second kappa shape index (κ2) is 4.44. The standard InChI is InChI=1S/C16H29N3/c1-17-6-3-16(4-7-17)5-8-19(12-16)11-15-13-9-18(2)10-14(13)15/h13-15H,3-12H2,1-2H3. The Kier molecular flexibility index (Phi) is 2.95. The number of likely N-dealkylation sites (tertiary alicyclic amines) is 3. The number of hydrogen-bond donors (Lipinski definition) is 0. The Labute approximate surface area is 117 Å². The first kappa shape index (κ1) is 12.6. The minimum atomic E-state index is 0.702. The molecule has 0 aromatic heterocycles. The fourth-order valence-electron chi connectivity index (χ4n) is 5.11. The summed E-state index contributed by atoms with van der Waals surface area (Å²) in [7, 11) is 4.56. The highest BCUT2D eigenvalue weighted by Crippen LogP contribution is 2.52. The summed E-state index contributed by atoms with van der Waals surface area (Å²) >= 11 is 0. The van der Waals surface area contributed by atoms with Gasteiger partial charge in [-0.25, -0.2) is 0 Å². The Hall–Kier alpha value is -0.120. The molecule has 3 heterocycles. The van der Waals surface area contributed by atoms with Gasteiger partial charge < -0.3 is 14.7 Å². The number of rotatable bonds is 2. The molecular weight excluding hydrogens is 234 g/mol. The van der Waals surface area contributed by atoms with Gasteiger partial charge >= 0.3 is 0 Å². The van der Waals surface area contributed by atoms with Gasteiger partial charge in [0.25, 0.3) is 0 Å². The van der Waals surface area contributed by atoms with Gasteiger partial charge in [0.05, 0.1) is 0 Å². The predicted octanol–water partition coefficient (Wildman–Crippen LogP) is 1.21. The highest BCUT2D eigenvalue weighted by Gasteiger charge is 2.55. The van der Waals surface area contributed by atoms with Gasteiger partial charge in [-0.2, -0.15) is 0 Å². The van der Waals surface area contributed by atoms with Gasteiger partial charge in [-0.1, -0.05) is 0 Å². The largest absolute Gasteiger partial charge is 0.306 e. The lowest BCUT2D eigenvalue weighted by Gasteiger charge is -2.37. The molecule has 4 aliphatic rings. The van der Waals surface area contributed by atoms with E-state index in [1.807, 2.05) is 0 Å². The number of fused-ring (bicyclic) bond motifs is 1. The zero-order valence-electron chi connectivity index (χ0n) is 12.6. The Morgan fingerprint density at radius 3 is 2.21 bits per heavy atom. The van der Waals surface area contributed by atoms with E-state index in [0.29, 0.717) is 5.41 Å². The van der Waals surface area contributed by atoms with Crippen LogP contribution in [0.25, 0.3) is 0 Å². The molecule has 4 fully saturated rings. The summed E-state index contributed by atoms with van der Waals surface area (Å²) < 4.78 is 0. The Morgan fingerprint density at radius 2 is 1.53 bits per heavy atom. The van der Waals surface area contributed by atoms with Crippen molar-refractivity contribution in [2.75, 3.05) is 59.9 Å². The van der Waals surface area contributed by atoms with Gasteiger partial charge in [-0.3, -0.25) is 0 Å². The summed E-state index contributed by atoms with van der Waals surface area (Å²) in [5.41, 5.74) is 0.702. The third-order valence-electron chi connectivity index (χ3n) is 6.59. The molecule has 2 unspecified atom stereocenters. The Bertz CT molecular complexity index is 336. The lowest BCUT2D eigenvalue weighted by atomic mass is 9.78. The highest BCUT2D eigenvalue weighted by atomic mass is 15.2. The number of nitrogens with zero attached hydrogens (tertiary/aromatic N) is 3. The Balaban J connectivity index is 1.29. The maximum absolute atomic E-state index is 2.81. The van der Waals surface area contributed by atoms with Crippen LogP contribution in [-0.2, 0) is 0 Å². The van der Waals surface area contributed by atoms with Crippen molar-refractivity contribution in [3.8, 4) is 0 Å². The van der Waals surface area contributed by atoms with Crippen molar-refractivity contribution in [1.82, 2.24) is 14.7 Å². The molecule has 1 saturated carbocycles. The molecule has 0 bridgehead atoms. The zero-order valence-corrected chi connectivity index (χ0v) is 12.6. The molecule has 3 aliphatic heterocycles. The van der Waals surface area contributed by atoms with Crippen molar-refractivity contribution >= 4 is 0 Å². The third-order valence-corrected chi connectivity index (χ3v) is 6.59. The van der Waals surface area contributed by atoms with Crippen LogP contribution in [0, 0.1) is 23.2 Å². The van der Waals surface area contributed by atoms with Crippen molar-refractivity contribution in [3.63, 3.8) is 0 Å². The summed E-state index contributed by atoms with van der Waals surface area (Å²) in [5.74, 6) is 3.16. The normalized spacial score (nSPS) is 42.9. The van der Waals surface area contributed by atoms with Gasteiger partial charge in [0, 0.05) is 26.2 Å². The van der Waals surface area contributed by atoms with Crippen LogP contribution in [0.15, 0.2) is 0 Å². The monoisotopic (exact) mass is 263 g/mol. The molecular formula is C16H29N3. The molecule has 2 atom stereocenters. The third kappa shape index (κ3) is 2.24. The average Bonchev–Trinajstić information content (AvgIpc) is 2.78. The second-order valence-electron chi connectivity index (χ2n) is 8.00. The van der Waals surface area contributed by atoms with Gasteiger partial charge in [-0.05, 0) is 76.2 Å². The van der Waals surface area contributed by atoms with E-state index in [-0.39, 0.29) is 0 Å². The van der Waals surface area contributed by atoms with Crippen molar-refractivity contribution in [1.29, 1.82) is 0 Å². The van der Waals surface area contributed by atoms with Crippen molar-refractivity contribution in [2.45, 2.75) is 19.3 Å². The molecule has 4 rings (SSSR count). The molecule has 1 spiro atoms. The Morgan fingerprint density at radius 1 is 0.895 bits per heavy atom. The van der Waals surface area contributed by atoms with E-state index in [4.69, 9.17) is 0 Å². The molecule has 3 saturated heterocycles. The first-order valence-electron chi connectivity index (χ1n) is 8.25. The SMILES string of the molecule is CN1CCC2(CC1)CCN(CC1C3CN(C)CC31)C2. The van der Waals surface area contributed by atoms with Crippen molar-refractivity contribution < 1.29 is 0 Å². The van der Waals surface area contributed by atoms with Crippen molar-refractivity contribution in [2.24, 2.45) is 23.2 Å². The fourth-order valence-corrected chi connectivity index (χ4v) is 5.11. The maximum Gasteiger partial charge on any atom is 0.00395 e. The molecule has 3 heteroatoms. The molecule has 3 nitrogen and oxygen atoms in total. The van der Waals surface area contributed by atoms with E-state index < -0.39 is 0 Å². The predicted molar refractivity (Wildman–Crippen MR) is 78.2 cm³/mol. The fraction of sp³-hybridized carbons (Fsp3) is 1.00. The van der Waals surface area contributed by atoms with Crippen molar-refractivity contribution in [3.05, 3.63) is 0 Å². The average molecular weight is 263 g/mol. The van der Waals surface area contributed by atoms with E-state index in [1.165, 1.54) is 65.1 Å². The summed E-state index contributed by atoms with van der Waals surface area (Å²) in [6.07, 6.45) is 4.36. The van der Waals surface area contributed by atoms with Gasteiger partial charge in [-0.15, -0.1) is 0 Å². The quantitative estimate of drug-likeness (QED) is 0.741. The maximum atomic E-state index is 2.81. The van der Waals surface area contributed by atoms with E-state index in [1.54, 1.807) is 0 Å². The van der Waals surface area contributed by atoms with Crippen LogP contribution in [0.4, 0.5) is 0 Å².